The number of benzene rings is 1. The quantitative estimate of drug-likeness (QED) is 0.569. The van der Waals surface area contributed by atoms with Gasteiger partial charge >= 0.3 is 0 Å². The third kappa shape index (κ3) is 3.96. The van der Waals surface area contributed by atoms with Crippen molar-refractivity contribution in [3.05, 3.63) is 35.4 Å². The first-order valence-corrected chi connectivity index (χ1v) is 4.99. The van der Waals surface area contributed by atoms with Gasteiger partial charge < -0.3 is 4.84 Å². The molecule has 0 saturated carbocycles. The minimum Gasteiger partial charge on any atom is -0.390 e. The van der Waals surface area contributed by atoms with E-state index in [2.05, 4.69) is 5.16 Å². The molecule has 0 aliphatic carbocycles. The Balaban J connectivity index is 2.81. The van der Waals surface area contributed by atoms with Crippen LogP contribution in [0.15, 0.2) is 29.4 Å². The van der Waals surface area contributed by atoms with Crippen LogP contribution < -0.4 is 0 Å². The molecule has 0 fully saturated rings. The van der Waals surface area contributed by atoms with Gasteiger partial charge in [0.05, 0.1) is 6.21 Å². The predicted octanol–water partition coefficient (Wildman–Crippen LogP) is 3.77. The molecule has 4 heteroatoms. The van der Waals surface area contributed by atoms with Crippen molar-refractivity contribution < 1.29 is 13.6 Å². The lowest BCUT2D eigenvalue weighted by molar-refractivity contribution is 0.00197. The van der Waals surface area contributed by atoms with Crippen molar-refractivity contribution in [3.63, 3.8) is 0 Å². The van der Waals surface area contributed by atoms with Crippen LogP contribution in [0.2, 0.25) is 0 Å². The van der Waals surface area contributed by atoms with Gasteiger partial charge in [-0.05, 0) is 20.8 Å². The zero-order valence-electron chi connectivity index (χ0n) is 9.58. The smallest absolute Gasteiger partial charge is 0.264 e. The standard InChI is InChI=1S/C12H15F2NO/c1-12(2,3)16-15-8-9-6-4-5-7-10(9)11(13)14/h4-8,11H,1-3H3. The summed E-state index contributed by atoms with van der Waals surface area (Å²) in [5.74, 6) is 0. The highest BCUT2D eigenvalue weighted by Gasteiger charge is 2.12. The van der Waals surface area contributed by atoms with E-state index in [1.54, 1.807) is 18.2 Å². The Morgan fingerprint density at radius 3 is 2.44 bits per heavy atom. The molecule has 0 aliphatic heterocycles. The first kappa shape index (κ1) is 12.6. The molecular weight excluding hydrogens is 212 g/mol. The molecule has 2 nitrogen and oxygen atoms in total. The van der Waals surface area contributed by atoms with E-state index in [9.17, 15) is 8.78 Å². The second-order valence-electron chi connectivity index (χ2n) is 4.37. The minimum absolute atomic E-state index is 0.0382. The summed E-state index contributed by atoms with van der Waals surface area (Å²) in [4.78, 5) is 5.09. The molecule has 0 aromatic heterocycles. The normalized spacial score (nSPS) is 12.4. The van der Waals surface area contributed by atoms with Gasteiger partial charge in [0.2, 0.25) is 0 Å². The summed E-state index contributed by atoms with van der Waals surface area (Å²) < 4.78 is 25.2. The monoisotopic (exact) mass is 227 g/mol. The predicted molar refractivity (Wildman–Crippen MR) is 59.8 cm³/mol. The van der Waals surface area contributed by atoms with E-state index in [0.717, 1.165) is 0 Å². The molecule has 0 spiro atoms. The summed E-state index contributed by atoms with van der Waals surface area (Å²) in [6.45, 7) is 5.51. The largest absolute Gasteiger partial charge is 0.390 e. The van der Waals surface area contributed by atoms with Crippen LogP contribution in [-0.4, -0.2) is 11.8 Å². The molecule has 0 unspecified atom stereocenters. The third-order valence-electron chi connectivity index (χ3n) is 1.75. The Kier molecular flexibility index (Phi) is 3.99. The van der Waals surface area contributed by atoms with Crippen LogP contribution in [0.5, 0.6) is 0 Å². The van der Waals surface area contributed by atoms with E-state index in [4.69, 9.17) is 4.84 Å². The fourth-order valence-corrected chi connectivity index (χ4v) is 1.07. The summed E-state index contributed by atoms with van der Waals surface area (Å²) in [6.07, 6.45) is -1.19. The number of rotatable bonds is 3. The first-order chi connectivity index (χ1) is 7.40. The zero-order valence-corrected chi connectivity index (χ0v) is 9.58. The number of alkyl halides is 2. The van der Waals surface area contributed by atoms with Crippen LogP contribution in [0.4, 0.5) is 8.78 Å². The number of hydrogen-bond donors (Lipinski definition) is 0. The van der Waals surface area contributed by atoms with Gasteiger partial charge in [0.15, 0.2) is 0 Å². The number of halogens is 2. The van der Waals surface area contributed by atoms with Crippen molar-refractivity contribution in [3.8, 4) is 0 Å². The maximum Gasteiger partial charge on any atom is 0.264 e. The molecule has 0 amide bonds. The number of nitrogens with zero attached hydrogens (tertiary/aromatic N) is 1. The molecule has 0 radical (unpaired) electrons. The molecule has 1 rings (SSSR count). The van der Waals surface area contributed by atoms with Crippen molar-refractivity contribution in [2.45, 2.75) is 32.8 Å². The lowest BCUT2D eigenvalue weighted by Gasteiger charge is -2.15. The molecule has 0 bridgehead atoms. The van der Waals surface area contributed by atoms with Crippen LogP contribution in [0.3, 0.4) is 0 Å². The summed E-state index contributed by atoms with van der Waals surface area (Å²) in [5, 5.41) is 3.70. The molecule has 0 aliphatic rings. The summed E-state index contributed by atoms with van der Waals surface area (Å²) in [5.41, 5.74) is -0.0819. The first-order valence-electron chi connectivity index (χ1n) is 4.99. The molecule has 0 atom stereocenters. The van der Waals surface area contributed by atoms with Gasteiger partial charge in [-0.25, -0.2) is 8.78 Å². The second kappa shape index (κ2) is 5.05. The number of hydrogen-bond acceptors (Lipinski definition) is 2. The topological polar surface area (TPSA) is 21.6 Å². The van der Waals surface area contributed by atoms with Crippen molar-refractivity contribution in [1.82, 2.24) is 0 Å². The molecule has 0 saturated heterocycles. The molecule has 88 valence electrons. The molecule has 1 aromatic carbocycles. The van der Waals surface area contributed by atoms with E-state index < -0.39 is 12.0 Å². The lowest BCUT2D eigenvalue weighted by Crippen LogP contribution is -2.15. The van der Waals surface area contributed by atoms with Gasteiger partial charge in [-0.2, -0.15) is 0 Å². The average molecular weight is 227 g/mol. The Labute approximate surface area is 93.9 Å². The number of oxime groups is 1. The van der Waals surface area contributed by atoms with E-state index >= 15 is 0 Å². The minimum atomic E-state index is -2.50. The maximum atomic E-state index is 12.6. The van der Waals surface area contributed by atoms with Gasteiger partial charge in [-0.1, -0.05) is 29.4 Å². The van der Waals surface area contributed by atoms with Crippen LogP contribution in [0, 0.1) is 0 Å². The van der Waals surface area contributed by atoms with Crippen molar-refractivity contribution in [2.24, 2.45) is 5.16 Å². The van der Waals surface area contributed by atoms with Gasteiger partial charge in [-0.15, -0.1) is 0 Å². The molecular formula is C12H15F2NO. The maximum absolute atomic E-state index is 12.6. The zero-order chi connectivity index (χ0) is 12.2. The Hall–Kier alpha value is -1.45. The summed E-state index contributed by atoms with van der Waals surface area (Å²) in [6, 6.07) is 6.22. The van der Waals surface area contributed by atoms with Gasteiger partial charge in [0.1, 0.15) is 5.60 Å². The van der Waals surface area contributed by atoms with Crippen LogP contribution >= 0.6 is 0 Å². The fraction of sp³-hybridized carbons (Fsp3) is 0.417. The summed E-state index contributed by atoms with van der Waals surface area (Å²) >= 11 is 0. The Morgan fingerprint density at radius 2 is 1.88 bits per heavy atom. The highest BCUT2D eigenvalue weighted by molar-refractivity contribution is 5.81. The van der Waals surface area contributed by atoms with E-state index in [1.807, 2.05) is 20.8 Å². The Morgan fingerprint density at radius 1 is 1.25 bits per heavy atom. The van der Waals surface area contributed by atoms with E-state index in [-0.39, 0.29) is 5.56 Å². The van der Waals surface area contributed by atoms with Crippen LogP contribution in [-0.2, 0) is 4.84 Å². The van der Waals surface area contributed by atoms with E-state index in [0.29, 0.717) is 5.56 Å². The van der Waals surface area contributed by atoms with Crippen molar-refractivity contribution in [2.75, 3.05) is 0 Å². The highest BCUT2D eigenvalue weighted by atomic mass is 19.3. The van der Waals surface area contributed by atoms with Crippen LogP contribution in [0.1, 0.15) is 38.3 Å². The van der Waals surface area contributed by atoms with Crippen molar-refractivity contribution >= 4 is 6.21 Å². The second-order valence-corrected chi connectivity index (χ2v) is 4.37. The molecule has 0 heterocycles. The molecule has 1 aromatic rings. The van der Waals surface area contributed by atoms with Crippen molar-refractivity contribution in [1.29, 1.82) is 0 Å². The summed E-state index contributed by atoms with van der Waals surface area (Å²) in [7, 11) is 0. The average Bonchev–Trinajstić information content (AvgIpc) is 2.16. The van der Waals surface area contributed by atoms with Crippen LogP contribution in [0.25, 0.3) is 0 Å². The molecule has 16 heavy (non-hydrogen) atoms. The molecule has 0 N–H and O–H groups in total. The third-order valence-corrected chi connectivity index (χ3v) is 1.75. The highest BCUT2D eigenvalue weighted by Crippen LogP contribution is 2.21. The fourth-order valence-electron chi connectivity index (χ4n) is 1.07. The Bertz CT molecular complexity index is 370. The lowest BCUT2D eigenvalue weighted by atomic mass is 10.1. The van der Waals surface area contributed by atoms with Gasteiger partial charge in [0, 0.05) is 11.1 Å². The SMILES string of the molecule is CC(C)(C)ON=Cc1ccccc1C(F)F. The van der Waals surface area contributed by atoms with Gasteiger partial charge in [-0.3, -0.25) is 0 Å². The van der Waals surface area contributed by atoms with Gasteiger partial charge in [0.25, 0.3) is 6.43 Å². The van der Waals surface area contributed by atoms with E-state index in [1.165, 1.54) is 12.3 Å².